The molecule has 2 aliphatic rings. The molecule has 0 heterocycles. The van der Waals surface area contributed by atoms with E-state index in [1.807, 2.05) is 43.4 Å². The highest BCUT2D eigenvalue weighted by Gasteiger charge is 2.31. The Labute approximate surface area is 167 Å². The molecule has 4 heteroatoms. The smallest absolute Gasteiger partial charge is 0.167 e. The van der Waals surface area contributed by atoms with Gasteiger partial charge in [-0.3, -0.25) is 9.59 Å². The van der Waals surface area contributed by atoms with Crippen LogP contribution in [0.2, 0.25) is 0 Å². The number of rotatable bonds is 4. The molecule has 27 heavy (non-hydrogen) atoms. The molecule has 2 aromatic rings. The molecule has 0 N–H and O–H groups in total. The second-order valence-electron chi connectivity index (χ2n) is 7.74. The Morgan fingerprint density at radius 1 is 0.778 bits per heavy atom. The van der Waals surface area contributed by atoms with E-state index in [9.17, 15) is 9.59 Å². The first-order valence-corrected chi connectivity index (χ1v) is 9.56. The Morgan fingerprint density at radius 2 is 1.19 bits per heavy atom. The number of ketones is 2. The van der Waals surface area contributed by atoms with E-state index in [1.54, 1.807) is 0 Å². The Kier molecular flexibility index (Phi) is 6.13. The van der Waals surface area contributed by atoms with Crippen molar-refractivity contribution in [3.05, 3.63) is 70.8 Å². The number of Topliss-reactive ketones (excluding diaryl/α,β-unsaturated/α-hetero) is 2. The molecule has 0 bridgehead atoms. The number of nitrogens with zero attached hydrogens (tertiary/aromatic N) is 1. The zero-order valence-electron chi connectivity index (χ0n) is 15.7. The molecular formula is C23H26ClNO2. The Balaban J connectivity index is 0.00000210. The summed E-state index contributed by atoms with van der Waals surface area (Å²) in [6, 6.07) is 15.9. The van der Waals surface area contributed by atoms with E-state index in [-0.39, 0.29) is 35.8 Å². The van der Waals surface area contributed by atoms with Crippen LogP contribution in [0.3, 0.4) is 0 Å². The molecular weight excluding hydrogens is 358 g/mol. The molecule has 0 amide bonds. The summed E-state index contributed by atoms with van der Waals surface area (Å²) in [4.78, 5) is 27.7. The quantitative estimate of drug-likeness (QED) is 0.792. The number of carbonyl (C=O) groups is 2. The second-order valence-corrected chi connectivity index (χ2v) is 7.74. The first kappa shape index (κ1) is 19.8. The van der Waals surface area contributed by atoms with Gasteiger partial charge in [0.15, 0.2) is 11.6 Å². The number of aryl methyl sites for hydroxylation is 2. The number of halogens is 1. The fourth-order valence-electron chi connectivity index (χ4n) is 4.49. The van der Waals surface area contributed by atoms with Gasteiger partial charge in [-0.1, -0.05) is 48.5 Å². The van der Waals surface area contributed by atoms with Crippen molar-refractivity contribution in [2.45, 2.75) is 25.7 Å². The Bertz CT molecular complexity index is 778. The maximum Gasteiger partial charge on any atom is 0.167 e. The van der Waals surface area contributed by atoms with Crippen LogP contribution in [0.5, 0.6) is 0 Å². The van der Waals surface area contributed by atoms with Gasteiger partial charge in [0.25, 0.3) is 0 Å². The monoisotopic (exact) mass is 383 g/mol. The summed E-state index contributed by atoms with van der Waals surface area (Å²) in [6.45, 7) is 1.47. The molecule has 2 aliphatic carbocycles. The van der Waals surface area contributed by atoms with Gasteiger partial charge < -0.3 is 4.90 Å². The third kappa shape index (κ3) is 3.99. The molecule has 2 unspecified atom stereocenters. The maximum atomic E-state index is 12.8. The van der Waals surface area contributed by atoms with Crippen LogP contribution in [0, 0.1) is 11.8 Å². The molecule has 2 aromatic carbocycles. The zero-order chi connectivity index (χ0) is 18.1. The van der Waals surface area contributed by atoms with E-state index in [1.165, 1.54) is 11.1 Å². The molecule has 2 atom stereocenters. The highest BCUT2D eigenvalue weighted by Crippen LogP contribution is 2.28. The summed E-state index contributed by atoms with van der Waals surface area (Å²) in [6.07, 6.45) is 3.75. The van der Waals surface area contributed by atoms with Crippen molar-refractivity contribution < 1.29 is 9.59 Å². The highest BCUT2D eigenvalue weighted by atomic mass is 35.5. The van der Waals surface area contributed by atoms with Crippen LogP contribution in [-0.4, -0.2) is 36.6 Å². The number of carbonyl (C=O) groups excluding carboxylic acids is 2. The van der Waals surface area contributed by atoms with Crippen LogP contribution < -0.4 is 0 Å². The van der Waals surface area contributed by atoms with E-state index < -0.39 is 0 Å². The molecule has 0 saturated heterocycles. The lowest BCUT2D eigenvalue weighted by atomic mass is 9.81. The van der Waals surface area contributed by atoms with Gasteiger partial charge in [-0.25, -0.2) is 0 Å². The fraction of sp³-hybridized carbons (Fsp3) is 0.391. The maximum absolute atomic E-state index is 12.8. The SMILES string of the molecule is CN(CC1CCc2ccccc2C1=O)CC1CCc2ccccc2C1=O.Cl. The minimum atomic E-state index is 0. The van der Waals surface area contributed by atoms with E-state index in [4.69, 9.17) is 0 Å². The summed E-state index contributed by atoms with van der Waals surface area (Å²) >= 11 is 0. The topological polar surface area (TPSA) is 37.4 Å². The zero-order valence-corrected chi connectivity index (χ0v) is 16.5. The first-order chi connectivity index (χ1) is 12.6. The van der Waals surface area contributed by atoms with E-state index in [0.29, 0.717) is 0 Å². The van der Waals surface area contributed by atoms with Gasteiger partial charge in [-0.05, 0) is 43.9 Å². The minimum absolute atomic E-state index is 0. The van der Waals surface area contributed by atoms with Crippen LogP contribution in [0.1, 0.15) is 44.7 Å². The highest BCUT2D eigenvalue weighted by molar-refractivity contribution is 6.01. The third-order valence-electron chi connectivity index (χ3n) is 5.90. The van der Waals surface area contributed by atoms with E-state index >= 15 is 0 Å². The van der Waals surface area contributed by atoms with Crippen LogP contribution in [0.4, 0.5) is 0 Å². The summed E-state index contributed by atoms with van der Waals surface area (Å²) < 4.78 is 0. The summed E-state index contributed by atoms with van der Waals surface area (Å²) in [5, 5.41) is 0. The molecule has 0 spiro atoms. The first-order valence-electron chi connectivity index (χ1n) is 9.56. The predicted octanol–water partition coefficient (Wildman–Crippen LogP) is 4.23. The molecule has 0 aliphatic heterocycles. The van der Waals surface area contributed by atoms with Gasteiger partial charge >= 0.3 is 0 Å². The summed E-state index contributed by atoms with van der Waals surface area (Å²) in [5.41, 5.74) is 4.13. The van der Waals surface area contributed by atoms with Crippen molar-refractivity contribution in [3.8, 4) is 0 Å². The van der Waals surface area contributed by atoms with Gasteiger partial charge in [-0.2, -0.15) is 0 Å². The molecule has 0 radical (unpaired) electrons. The Hall–Kier alpha value is -1.97. The Morgan fingerprint density at radius 3 is 1.63 bits per heavy atom. The van der Waals surface area contributed by atoms with Crippen LogP contribution >= 0.6 is 12.4 Å². The predicted molar refractivity (Wildman–Crippen MR) is 110 cm³/mol. The lowest BCUT2D eigenvalue weighted by Gasteiger charge is -2.31. The molecule has 0 fully saturated rings. The van der Waals surface area contributed by atoms with Gasteiger partial charge in [0, 0.05) is 36.1 Å². The fourth-order valence-corrected chi connectivity index (χ4v) is 4.49. The van der Waals surface area contributed by atoms with Crippen molar-refractivity contribution >= 4 is 24.0 Å². The van der Waals surface area contributed by atoms with Gasteiger partial charge in [-0.15, -0.1) is 12.4 Å². The van der Waals surface area contributed by atoms with Crippen molar-refractivity contribution in [3.63, 3.8) is 0 Å². The van der Waals surface area contributed by atoms with Crippen molar-refractivity contribution in [2.75, 3.05) is 20.1 Å². The lowest BCUT2D eigenvalue weighted by Crippen LogP contribution is -2.38. The molecule has 0 saturated carbocycles. The van der Waals surface area contributed by atoms with E-state index in [0.717, 1.165) is 49.9 Å². The summed E-state index contributed by atoms with van der Waals surface area (Å²) in [5.74, 6) is 0.611. The van der Waals surface area contributed by atoms with Crippen molar-refractivity contribution in [1.82, 2.24) is 4.90 Å². The standard InChI is InChI=1S/C23H25NO2.ClH/c1-24(14-18-12-10-16-6-2-4-8-20(16)22(18)25)15-19-13-11-17-7-3-5-9-21(17)23(19)26;/h2-9,18-19H,10-15H2,1H3;1H. The average Bonchev–Trinajstić information content (AvgIpc) is 2.67. The van der Waals surface area contributed by atoms with Crippen LogP contribution in [-0.2, 0) is 12.8 Å². The number of fused-ring (bicyclic) bond motifs is 2. The largest absolute Gasteiger partial charge is 0.305 e. The molecule has 4 rings (SSSR count). The molecule has 3 nitrogen and oxygen atoms in total. The average molecular weight is 384 g/mol. The normalized spacial score (nSPS) is 21.4. The third-order valence-corrected chi connectivity index (χ3v) is 5.90. The van der Waals surface area contributed by atoms with Crippen molar-refractivity contribution in [1.29, 1.82) is 0 Å². The summed E-state index contributed by atoms with van der Waals surface area (Å²) in [7, 11) is 2.04. The molecule has 0 aromatic heterocycles. The number of hydrogen-bond donors (Lipinski definition) is 0. The number of benzene rings is 2. The lowest BCUT2D eigenvalue weighted by molar-refractivity contribution is 0.0823. The van der Waals surface area contributed by atoms with Crippen molar-refractivity contribution in [2.24, 2.45) is 11.8 Å². The second kappa shape index (κ2) is 8.37. The van der Waals surface area contributed by atoms with E-state index in [2.05, 4.69) is 17.0 Å². The van der Waals surface area contributed by atoms with Gasteiger partial charge in [0.05, 0.1) is 0 Å². The molecule has 142 valence electrons. The van der Waals surface area contributed by atoms with Gasteiger partial charge in [0.2, 0.25) is 0 Å². The van der Waals surface area contributed by atoms with Gasteiger partial charge in [0.1, 0.15) is 0 Å². The van der Waals surface area contributed by atoms with Crippen LogP contribution in [0.15, 0.2) is 48.5 Å². The van der Waals surface area contributed by atoms with Crippen LogP contribution in [0.25, 0.3) is 0 Å². The minimum Gasteiger partial charge on any atom is -0.305 e. The number of hydrogen-bond acceptors (Lipinski definition) is 3.